The van der Waals surface area contributed by atoms with Gasteiger partial charge in [0.1, 0.15) is 18.0 Å². The molecule has 1 saturated heterocycles. The molecule has 0 radical (unpaired) electrons. The number of carboxylic acids is 1. The number of nitrogens with two attached hydrogens (primary N) is 2. The zero-order chi connectivity index (χ0) is 27.2. The van der Waals surface area contributed by atoms with Crippen molar-refractivity contribution in [3.05, 3.63) is 59.8 Å². The fraction of sp³-hybridized carbons (Fsp3) is 0.423. The molecule has 0 unspecified atom stereocenters. The first kappa shape index (κ1) is 28.1. The number of likely N-dealkylation sites (tertiary alicyclic amines) is 1. The zero-order valence-corrected chi connectivity index (χ0v) is 20.9. The Kier molecular flexibility index (Phi) is 9.28. The second kappa shape index (κ2) is 12.2. The quantitative estimate of drug-likeness (QED) is 0.491. The summed E-state index contributed by atoms with van der Waals surface area (Å²) in [6.45, 7) is 9.26. The van der Waals surface area contributed by atoms with Crippen molar-refractivity contribution in [1.82, 2.24) is 14.7 Å². The molecule has 4 N–H and O–H groups in total. The van der Waals surface area contributed by atoms with Crippen LogP contribution in [0, 0.1) is 5.92 Å². The first-order valence-electron chi connectivity index (χ1n) is 12.2. The van der Waals surface area contributed by atoms with Gasteiger partial charge in [0.25, 0.3) is 5.91 Å². The molecule has 200 valence electrons. The Labute approximate surface area is 213 Å². The summed E-state index contributed by atoms with van der Waals surface area (Å²) < 4.78 is 33.4. The molecule has 1 aliphatic heterocycles. The van der Waals surface area contributed by atoms with Gasteiger partial charge in [-0.2, -0.15) is 18.3 Å². The van der Waals surface area contributed by atoms with Crippen LogP contribution in [0.2, 0.25) is 0 Å². The maximum Gasteiger partial charge on any atom is 0.430 e. The van der Waals surface area contributed by atoms with Gasteiger partial charge in [-0.25, -0.2) is 4.68 Å². The molecule has 8 nitrogen and oxygen atoms in total. The number of amides is 1. The van der Waals surface area contributed by atoms with Gasteiger partial charge in [-0.05, 0) is 24.1 Å². The van der Waals surface area contributed by atoms with Crippen molar-refractivity contribution < 1.29 is 33.2 Å². The molecule has 0 saturated carbocycles. The Hall–Kier alpha value is -3.44. The van der Waals surface area contributed by atoms with Crippen LogP contribution in [0.3, 0.4) is 0 Å². The summed E-state index contributed by atoms with van der Waals surface area (Å²) in [6, 6.07) is 14.7. The maximum absolute atomic E-state index is 11.6. The number of carboxylic acid groups (broad SMARTS) is 1. The SMILES string of the molecule is CC(C)CN1CCC([NH2+]Cc2ccc(-n3cc4cccc(C(N)=O)c4n3)cc2)CC1.O=C([O-])C(F)(F)F. The van der Waals surface area contributed by atoms with E-state index in [9.17, 15) is 18.0 Å². The Morgan fingerprint density at radius 2 is 1.76 bits per heavy atom. The van der Waals surface area contributed by atoms with Crippen molar-refractivity contribution in [1.29, 1.82) is 0 Å². The molecular weight excluding hydrogens is 487 g/mol. The van der Waals surface area contributed by atoms with Gasteiger partial charge in [-0.15, -0.1) is 0 Å². The minimum Gasteiger partial charge on any atom is -0.542 e. The van der Waals surface area contributed by atoms with Crippen LogP contribution in [0.15, 0.2) is 48.7 Å². The number of alkyl halides is 3. The Morgan fingerprint density at radius 1 is 1.14 bits per heavy atom. The van der Waals surface area contributed by atoms with Crippen LogP contribution in [0.25, 0.3) is 16.6 Å². The zero-order valence-electron chi connectivity index (χ0n) is 20.9. The number of piperidine rings is 1. The Morgan fingerprint density at radius 3 is 2.30 bits per heavy atom. The molecule has 2 heterocycles. The number of benzene rings is 2. The van der Waals surface area contributed by atoms with Gasteiger partial charge >= 0.3 is 6.18 Å². The van der Waals surface area contributed by atoms with Crippen LogP contribution in [-0.2, 0) is 11.3 Å². The molecule has 1 aromatic heterocycles. The summed E-state index contributed by atoms with van der Waals surface area (Å²) in [7, 11) is 0. The van der Waals surface area contributed by atoms with Crippen molar-refractivity contribution in [2.24, 2.45) is 11.7 Å². The highest BCUT2D eigenvalue weighted by molar-refractivity contribution is 6.04. The molecule has 1 aliphatic rings. The number of quaternary nitrogens is 1. The van der Waals surface area contributed by atoms with E-state index in [1.807, 2.05) is 23.0 Å². The largest absolute Gasteiger partial charge is 0.542 e. The van der Waals surface area contributed by atoms with Crippen LogP contribution < -0.4 is 16.2 Å². The molecular formula is C26H32F3N5O3. The molecule has 3 aromatic rings. The number of aliphatic carboxylic acids is 1. The fourth-order valence-electron chi connectivity index (χ4n) is 4.35. The van der Waals surface area contributed by atoms with Crippen molar-refractivity contribution in [2.45, 2.75) is 45.5 Å². The minimum atomic E-state index is -5.19. The normalized spacial score (nSPS) is 15.0. The van der Waals surface area contributed by atoms with E-state index < -0.39 is 18.1 Å². The first-order valence-corrected chi connectivity index (χ1v) is 12.2. The van der Waals surface area contributed by atoms with E-state index in [0.717, 1.165) is 29.6 Å². The topological polar surface area (TPSA) is 121 Å². The summed E-state index contributed by atoms with van der Waals surface area (Å²) in [4.78, 5) is 23.0. The fourth-order valence-corrected chi connectivity index (χ4v) is 4.35. The number of carbonyl (C=O) groups is 2. The summed E-state index contributed by atoms with van der Waals surface area (Å²) in [5, 5.41) is 16.8. The van der Waals surface area contributed by atoms with E-state index in [-0.39, 0.29) is 0 Å². The highest BCUT2D eigenvalue weighted by Crippen LogP contribution is 2.20. The van der Waals surface area contributed by atoms with Crippen molar-refractivity contribution in [3.63, 3.8) is 0 Å². The molecule has 0 aliphatic carbocycles. The summed E-state index contributed by atoms with van der Waals surface area (Å²) >= 11 is 0. The lowest BCUT2D eigenvalue weighted by atomic mass is 10.0. The highest BCUT2D eigenvalue weighted by atomic mass is 19.4. The average molecular weight is 520 g/mol. The molecule has 4 rings (SSSR count). The summed E-state index contributed by atoms with van der Waals surface area (Å²) in [5.74, 6) is -2.71. The molecule has 2 aromatic carbocycles. The number of halogens is 3. The van der Waals surface area contributed by atoms with Gasteiger partial charge in [0.05, 0.1) is 17.3 Å². The van der Waals surface area contributed by atoms with Gasteiger partial charge in [0, 0.05) is 49.6 Å². The number of nitrogens with zero attached hydrogens (tertiary/aromatic N) is 3. The van der Waals surface area contributed by atoms with Gasteiger partial charge in [-0.3, -0.25) is 4.79 Å². The standard InChI is InChI=1S/C24H31N5O.C2HF3O2/c1-17(2)15-28-12-10-20(11-13-28)26-14-18-6-8-21(9-7-18)29-16-19-4-3-5-22(24(25)30)23(19)27-29;3-2(4,5)1(6)7/h3-9,16-17,20,26H,10-15H2,1-2H3,(H2,25,30);(H,6,7). The minimum absolute atomic E-state index is 0.452. The number of primary amides is 1. The summed E-state index contributed by atoms with van der Waals surface area (Å²) in [5.41, 5.74) is 8.87. The van der Waals surface area contributed by atoms with E-state index in [1.165, 1.54) is 38.0 Å². The maximum atomic E-state index is 11.6. The van der Waals surface area contributed by atoms with Crippen LogP contribution >= 0.6 is 0 Å². The number of hydrogen-bond acceptors (Lipinski definition) is 5. The highest BCUT2D eigenvalue weighted by Gasteiger charge is 2.28. The van der Waals surface area contributed by atoms with Crippen molar-refractivity contribution in [2.75, 3.05) is 19.6 Å². The molecule has 11 heteroatoms. The van der Waals surface area contributed by atoms with Crippen LogP contribution in [-0.4, -0.2) is 58.4 Å². The number of rotatable bonds is 7. The lowest BCUT2D eigenvalue weighted by Crippen LogP contribution is -2.89. The third kappa shape index (κ3) is 8.02. The smallest absolute Gasteiger partial charge is 0.430 e. The van der Waals surface area contributed by atoms with E-state index in [2.05, 4.69) is 53.4 Å². The Balaban J connectivity index is 0.000000479. The van der Waals surface area contributed by atoms with Crippen LogP contribution in [0.1, 0.15) is 42.6 Å². The van der Waals surface area contributed by atoms with E-state index in [0.29, 0.717) is 11.1 Å². The molecule has 1 amide bonds. The predicted molar refractivity (Wildman–Crippen MR) is 131 cm³/mol. The molecule has 1 fully saturated rings. The number of hydrogen-bond donors (Lipinski definition) is 2. The number of carbonyl (C=O) groups excluding carboxylic acids is 2. The van der Waals surface area contributed by atoms with E-state index in [1.54, 1.807) is 6.07 Å². The predicted octanol–water partition coefficient (Wildman–Crippen LogP) is 1.61. The average Bonchev–Trinajstić information content (AvgIpc) is 3.28. The van der Waals surface area contributed by atoms with Crippen molar-refractivity contribution in [3.8, 4) is 5.69 Å². The van der Waals surface area contributed by atoms with Gasteiger partial charge in [0.2, 0.25) is 0 Å². The van der Waals surface area contributed by atoms with Gasteiger partial charge in [0.15, 0.2) is 0 Å². The Bertz CT molecular complexity index is 1200. The third-order valence-electron chi connectivity index (χ3n) is 6.18. The number of aromatic nitrogens is 2. The lowest BCUT2D eigenvalue weighted by molar-refractivity contribution is -0.706. The van der Waals surface area contributed by atoms with E-state index in [4.69, 9.17) is 15.6 Å². The molecule has 0 bridgehead atoms. The monoisotopic (exact) mass is 519 g/mol. The second-order valence-corrected chi connectivity index (χ2v) is 9.60. The van der Waals surface area contributed by atoms with Gasteiger partial charge in [-0.1, -0.05) is 38.1 Å². The lowest BCUT2D eigenvalue weighted by Gasteiger charge is -2.31. The van der Waals surface area contributed by atoms with Crippen LogP contribution in [0.4, 0.5) is 13.2 Å². The molecule has 0 spiro atoms. The second-order valence-electron chi connectivity index (χ2n) is 9.60. The third-order valence-corrected chi connectivity index (χ3v) is 6.18. The van der Waals surface area contributed by atoms with Crippen molar-refractivity contribution >= 4 is 22.8 Å². The molecule has 37 heavy (non-hydrogen) atoms. The summed E-state index contributed by atoms with van der Waals surface area (Å²) in [6.07, 6.45) is -0.715. The van der Waals surface area contributed by atoms with Crippen LogP contribution in [0.5, 0.6) is 0 Å². The van der Waals surface area contributed by atoms with E-state index >= 15 is 0 Å². The number of fused-ring (bicyclic) bond motifs is 1. The molecule has 0 atom stereocenters. The first-order chi connectivity index (χ1) is 17.4. The van der Waals surface area contributed by atoms with Gasteiger partial charge < -0.3 is 25.9 Å².